The molecule has 22 heavy (non-hydrogen) atoms. The first-order chi connectivity index (χ1) is 9.69. The molecule has 5 nitrogen and oxygen atoms in total. The standard InChI is InChI=1S/C14H21BrN4O.2ClH/c1-2-7-19(12-5-6-16-9-12)10-14(20)18-13-4-3-11(15)8-17-13;;/h3-4,8,12,16H,2,5-7,9-10H2,1H3,(H,17,18,20);2*1H. The van der Waals surface area contributed by atoms with Gasteiger partial charge in [-0.15, -0.1) is 24.8 Å². The molecule has 0 bridgehead atoms. The lowest BCUT2D eigenvalue weighted by Gasteiger charge is -2.27. The third kappa shape index (κ3) is 6.79. The van der Waals surface area contributed by atoms with E-state index >= 15 is 0 Å². The van der Waals surface area contributed by atoms with Crippen LogP contribution in [-0.4, -0.2) is 48.0 Å². The van der Waals surface area contributed by atoms with Gasteiger partial charge in [0.15, 0.2) is 0 Å². The molecule has 2 heterocycles. The second kappa shape index (κ2) is 11.2. The minimum atomic E-state index is 0. The van der Waals surface area contributed by atoms with Crippen LogP contribution in [0.5, 0.6) is 0 Å². The van der Waals surface area contributed by atoms with Crippen LogP contribution in [0.3, 0.4) is 0 Å². The van der Waals surface area contributed by atoms with Gasteiger partial charge in [0.1, 0.15) is 5.82 Å². The van der Waals surface area contributed by atoms with Crippen LogP contribution < -0.4 is 10.6 Å². The van der Waals surface area contributed by atoms with Gasteiger partial charge in [-0.25, -0.2) is 4.98 Å². The number of rotatable bonds is 6. The minimum absolute atomic E-state index is 0. The molecule has 8 heteroatoms. The fourth-order valence-electron chi connectivity index (χ4n) is 2.45. The number of carbonyl (C=O) groups is 1. The highest BCUT2D eigenvalue weighted by Gasteiger charge is 2.23. The molecule has 0 spiro atoms. The second-order valence-electron chi connectivity index (χ2n) is 5.03. The lowest BCUT2D eigenvalue weighted by atomic mass is 10.2. The van der Waals surface area contributed by atoms with Crippen molar-refractivity contribution in [2.24, 2.45) is 0 Å². The molecule has 1 amide bonds. The van der Waals surface area contributed by atoms with Crippen molar-refractivity contribution in [1.29, 1.82) is 0 Å². The predicted molar refractivity (Wildman–Crippen MR) is 98.2 cm³/mol. The van der Waals surface area contributed by atoms with E-state index in [1.165, 1.54) is 0 Å². The van der Waals surface area contributed by atoms with Crippen LogP contribution in [0, 0.1) is 0 Å². The Balaban J connectivity index is 0.00000220. The minimum Gasteiger partial charge on any atom is -0.315 e. The Bertz CT molecular complexity index is 441. The summed E-state index contributed by atoms with van der Waals surface area (Å²) in [5.41, 5.74) is 0. The van der Waals surface area contributed by atoms with Crippen LogP contribution >= 0.6 is 40.7 Å². The molecular formula is C14H23BrCl2N4O. The maximum absolute atomic E-state index is 12.1. The van der Waals surface area contributed by atoms with E-state index in [1.54, 1.807) is 12.3 Å². The highest BCUT2D eigenvalue weighted by Crippen LogP contribution is 2.12. The summed E-state index contributed by atoms with van der Waals surface area (Å²) in [6.07, 6.45) is 3.85. The van der Waals surface area contributed by atoms with Crippen molar-refractivity contribution in [2.75, 3.05) is 31.5 Å². The third-order valence-electron chi connectivity index (χ3n) is 3.40. The molecule has 1 aliphatic rings. The molecule has 2 N–H and O–H groups in total. The Kier molecular flexibility index (Phi) is 11.0. The van der Waals surface area contributed by atoms with Gasteiger partial charge in [-0.1, -0.05) is 6.92 Å². The zero-order chi connectivity index (χ0) is 14.4. The average molecular weight is 414 g/mol. The zero-order valence-corrected chi connectivity index (χ0v) is 15.8. The van der Waals surface area contributed by atoms with Crippen molar-refractivity contribution in [3.63, 3.8) is 0 Å². The molecular weight excluding hydrogens is 391 g/mol. The summed E-state index contributed by atoms with van der Waals surface area (Å²) in [6.45, 7) is 5.54. The molecule has 0 aromatic carbocycles. The third-order valence-corrected chi connectivity index (χ3v) is 3.87. The van der Waals surface area contributed by atoms with E-state index in [4.69, 9.17) is 0 Å². The van der Waals surface area contributed by atoms with Gasteiger partial charge in [-0.2, -0.15) is 0 Å². The van der Waals surface area contributed by atoms with E-state index in [9.17, 15) is 4.79 Å². The van der Waals surface area contributed by atoms with E-state index < -0.39 is 0 Å². The van der Waals surface area contributed by atoms with Crippen LogP contribution in [0.2, 0.25) is 0 Å². The Morgan fingerprint density at radius 1 is 1.50 bits per heavy atom. The molecule has 126 valence electrons. The van der Waals surface area contributed by atoms with E-state index in [-0.39, 0.29) is 30.7 Å². The zero-order valence-electron chi connectivity index (χ0n) is 12.5. The Morgan fingerprint density at radius 2 is 2.27 bits per heavy atom. The van der Waals surface area contributed by atoms with Crippen molar-refractivity contribution >= 4 is 52.5 Å². The molecule has 1 aromatic heterocycles. The van der Waals surface area contributed by atoms with E-state index in [0.717, 1.165) is 36.9 Å². The smallest absolute Gasteiger partial charge is 0.239 e. The number of halogens is 3. The van der Waals surface area contributed by atoms with Crippen molar-refractivity contribution in [2.45, 2.75) is 25.8 Å². The summed E-state index contributed by atoms with van der Waals surface area (Å²) < 4.78 is 0.903. The highest BCUT2D eigenvalue weighted by atomic mass is 79.9. The SMILES string of the molecule is CCCN(CC(=O)Nc1ccc(Br)cn1)C1CCNC1.Cl.Cl. The second-order valence-corrected chi connectivity index (χ2v) is 5.94. The van der Waals surface area contributed by atoms with Gasteiger partial charge >= 0.3 is 0 Å². The molecule has 2 rings (SSSR count). The first-order valence-corrected chi connectivity index (χ1v) is 7.84. The van der Waals surface area contributed by atoms with Gasteiger partial charge < -0.3 is 10.6 Å². The van der Waals surface area contributed by atoms with Crippen LogP contribution in [0.1, 0.15) is 19.8 Å². The van der Waals surface area contributed by atoms with Gasteiger partial charge in [0.05, 0.1) is 6.54 Å². The van der Waals surface area contributed by atoms with Gasteiger partial charge in [0, 0.05) is 23.3 Å². The maximum atomic E-state index is 12.1. The topological polar surface area (TPSA) is 57.3 Å². The molecule has 0 saturated carbocycles. The van der Waals surface area contributed by atoms with E-state index in [2.05, 4.69) is 43.4 Å². The first kappa shape index (κ1) is 21.6. The summed E-state index contributed by atoms with van der Waals surface area (Å²) in [7, 11) is 0. The molecule has 1 saturated heterocycles. The lowest BCUT2D eigenvalue weighted by Crippen LogP contribution is -2.42. The van der Waals surface area contributed by atoms with Crippen LogP contribution in [0.15, 0.2) is 22.8 Å². The number of pyridine rings is 1. The average Bonchev–Trinajstić information content (AvgIpc) is 2.95. The number of hydrogen-bond acceptors (Lipinski definition) is 4. The summed E-state index contributed by atoms with van der Waals surface area (Å²) in [5, 5.41) is 6.20. The predicted octanol–water partition coefficient (Wildman–Crippen LogP) is 2.70. The molecule has 0 radical (unpaired) electrons. The fourth-order valence-corrected chi connectivity index (χ4v) is 2.68. The number of nitrogens with zero attached hydrogens (tertiary/aromatic N) is 2. The summed E-state index contributed by atoms with van der Waals surface area (Å²) >= 11 is 3.33. The number of anilines is 1. The quantitative estimate of drug-likeness (QED) is 0.752. The van der Waals surface area contributed by atoms with E-state index in [1.807, 2.05) is 6.07 Å². The molecule has 0 aliphatic carbocycles. The summed E-state index contributed by atoms with van der Waals surface area (Å²) in [6, 6.07) is 4.13. The monoisotopic (exact) mass is 412 g/mol. The Hall–Kier alpha value is -0.400. The van der Waals surface area contributed by atoms with Gasteiger partial charge in [0.2, 0.25) is 5.91 Å². The van der Waals surface area contributed by atoms with Gasteiger partial charge in [0.25, 0.3) is 0 Å². The molecule has 1 fully saturated rings. The van der Waals surface area contributed by atoms with Crippen LogP contribution in [0.4, 0.5) is 5.82 Å². The Morgan fingerprint density at radius 3 is 2.82 bits per heavy atom. The normalized spacial score (nSPS) is 16.8. The molecule has 1 atom stereocenters. The van der Waals surface area contributed by atoms with Crippen molar-refractivity contribution in [1.82, 2.24) is 15.2 Å². The van der Waals surface area contributed by atoms with Crippen molar-refractivity contribution < 1.29 is 4.79 Å². The van der Waals surface area contributed by atoms with Crippen molar-refractivity contribution in [3.8, 4) is 0 Å². The van der Waals surface area contributed by atoms with E-state index in [0.29, 0.717) is 18.4 Å². The summed E-state index contributed by atoms with van der Waals surface area (Å²) in [5.74, 6) is 0.597. The number of amides is 1. The molecule has 1 unspecified atom stereocenters. The number of carbonyl (C=O) groups excluding carboxylic acids is 1. The highest BCUT2D eigenvalue weighted by molar-refractivity contribution is 9.10. The molecule has 1 aliphatic heterocycles. The van der Waals surface area contributed by atoms with Crippen molar-refractivity contribution in [3.05, 3.63) is 22.8 Å². The number of nitrogens with one attached hydrogen (secondary N) is 2. The van der Waals surface area contributed by atoms with Gasteiger partial charge in [-0.3, -0.25) is 9.69 Å². The summed E-state index contributed by atoms with van der Waals surface area (Å²) in [4.78, 5) is 18.5. The lowest BCUT2D eigenvalue weighted by molar-refractivity contribution is -0.117. The number of hydrogen-bond donors (Lipinski definition) is 2. The van der Waals surface area contributed by atoms with Gasteiger partial charge in [-0.05, 0) is 54.0 Å². The largest absolute Gasteiger partial charge is 0.315 e. The first-order valence-electron chi connectivity index (χ1n) is 7.05. The van der Waals surface area contributed by atoms with Crippen LogP contribution in [0.25, 0.3) is 0 Å². The maximum Gasteiger partial charge on any atom is 0.239 e. The Labute approximate surface area is 152 Å². The van der Waals surface area contributed by atoms with Crippen LogP contribution in [-0.2, 0) is 4.79 Å². The molecule has 1 aromatic rings. The number of aromatic nitrogens is 1. The fraction of sp³-hybridized carbons (Fsp3) is 0.571.